The van der Waals surface area contributed by atoms with Gasteiger partial charge in [-0.05, 0) is 37.1 Å². The molecule has 0 aliphatic carbocycles. The first-order valence-corrected chi connectivity index (χ1v) is 7.58. The summed E-state index contributed by atoms with van der Waals surface area (Å²) in [5, 5.41) is 1.92. The zero-order valence-corrected chi connectivity index (χ0v) is 12.3. The first-order valence-electron chi connectivity index (χ1n) is 6.71. The molecule has 0 saturated carbocycles. The molecule has 102 valence electrons. The normalized spacial score (nSPS) is 22.8. The van der Waals surface area contributed by atoms with Crippen molar-refractivity contribution < 1.29 is 4.79 Å². The van der Waals surface area contributed by atoms with Crippen LogP contribution >= 0.6 is 11.3 Å². The summed E-state index contributed by atoms with van der Waals surface area (Å²) in [6.45, 7) is 5.55. The van der Waals surface area contributed by atoms with E-state index in [0.29, 0.717) is 18.5 Å². The molecule has 2 atom stereocenters. The Morgan fingerprint density at radius 2 is 2.37 bits per heavy atom. The van der Waals surface area contributed by atoms with Crippen LogP contribution in [-0.4, -0.2) is 29.9 Å². The van der Waals surface area contributed by atoms with E-state index in [9.17, 15) is 4.79 Å². The van der Waals surface area contributed by atoms with Crippen LogP contribution in [0.4, 0.5) is 0 Å². The van der Waals surface area contributed by atoms with Crippen LogP contribution in [0.25, 0.3) is 0 Å². The zero-order chi connectivity index (χ0) is 13.8. The zero-order valence-electron chi connectivity index (χ0n) is 11.5. The molecule has 4 heteroatoms. The summed E-state index contributed by atoms with van der Waals surface area (Å²) in [6.07, 6.45) is 2.17. The standard InChI is InChI=1S/C15H20N2OS/c1-11-5-8-17(12(2)10-11)15(18)14-13(4-3-7-16)6-9-19-14/h6,9,11-12H,5,7-8,10,16H2,1-2H3. The van der Waals surface area contributed by atoms with Gasteiger partial charge in [-0.25, -0.2) is 0 Å². The largest absolute Gasteiger partial charge is 0.335 e. The Balaban J connectivity index is 2.18. The predicted molar refractivity (Wildman–Crippen MR) is 79.1 cm³/mol. The van der Waals surface area contributed by atoms with Crippen molar-refractivity contribution in [1.29, 1.82) is 0 Å². The lowest BCUT2D eigenvalue weighted by Gasteiger charge is -2.36. The molecule has 1 fully saturated rings. The van der Waals surface area contributed by atoms with Gasteiger partial charge in [-0.1, -0.05) is 18.8 Å². The molecule has 2 rings (SSSR count). The SMILES string of the molecule is CC1CCN(C(=O)c2sccc2C#CCN)C(C)C1. The molecule has 1 aromatic rings. The van der Waals surface area contributed by atoms with Crippen LogP contribution in [0.1, 0.15) is 41.9 Å². The van der Waals surface area contributed by atoms with Crippen LogP contribution in [0.5, 0.6) is 0 Å². The Morgan fingerprint density at radius 1 is 1.58 bits per heavy atom. The van der Waals surface area contributed by atoms with Crippen LogP contribution in [-0.2, 0) is 0 Å². The van der Waals surface area contributed by atoms with Crippen molar-refractivity contribution >= 4 is 17.2 Å². The molecule has 19 heavy (non-hydrogen) atoms. The number of amides is 1. The van der Waals surface area contributed by atoms with E-state index >= 15 is 0 Å². The minimum Gasteiger partial charge on any atom is -0.335 e. The second-order valence-electron chi connectivity index (χ2n) is 5.15. The van der Waals surface area contributed by atoms with Crippen LogP contribution in [0.3, 0.4) is 0 Å². The lowest BCUT2D eigenvalue weighted by molar-refractivity contribution is 0.0593. The molecule has 0 bridgehead atoms. The summed E-state index contributed by atoms with van der Waals surface area (Å²) < 4.78 is 0. The number of rotatable bonds is 1. The molecule has 2 N–H and O–H groups in total. The van der Waals surface area contributed by atoms with E-state index in [0.717, 1.165) is 29.8 Å². The maximum atomic E-state index is 12.6. The van der Waals surface area contributed by atoms with Crippen molar-refractivity contribution in [1.82, 2.24) is 4.90 Å². The molecule has 3 nitrogen and oxygen atoms in total. The second-order valence-corrected chi connectivity index (χ2v) is 6.06. The summed E-state index contributed by atoms with van der Waals surface area (Å²) in [7, 11) is 0. The highest BCUT2D eigenvalue weighted by Crippen LogP contribution is 2.26. The third-order valence-corrected chi connectivity index (χ3v) is 4.49. The molecule has 1 amide bonds. The average molecular weight is 276 g/mol. The van der Waals surface area contributed by atoms with Gasteiger partial charge in [-0.3, -0.25) is 4.79 Å². The molecule has 1 aromatic heterocycles. The van der Waals surface area contributed by atoms with E-state index in [1.54, 1.807) is 0 Å². The lowest BCUT2D eigenvalue weighted by atomic mass is 9.93. The van der Waals surface area contributed by atoms with Gasteiger partial charge in [-0.2, -0.15) is 0 Å². The summed E-state index contributed by atoms with van der Waals surface area (Å²) in [4.78, 5) is 15.3. The number of carbonyl (C=O) groups excluding carboxylic acids is 1. The van der Waals surface area contributed by atoms with Gasteiger partial charge >= 0.3 is 0 Å². The van der Waals surface area contributed by atoms with Crippen molar-refractivity contribution in [2.45, 2.75) is 32.7 Å². The quantitative estimate of drug-likeness (QED) is 0.800. The first-order chi connectivity index (χ1) is 9.13. The molecule has 2 heterocycles. The minimum atomic E-state index is 0.121. The second kappa shape index (κ2) is 6.23. The van der Waals surface area contributed by atoms with Crippen molar-refractivity contribution in [3.05, 3.63) is 21.9 Å². The Bertz CT molecular complexity index is 512. The molecular formula is C15H20N2OS. The fraction of sp³-hybridized carbons (Fsp3) is 0.533. The van der Waals surface area contributed by atoms with Crippen LogP contribution < -0.4 is 5.73 Å². The summed E-state index contributed by atoms with van der Waals surface area (Å²) in [5.74, 6) is 6.63. The molecule has 0 aromatic carbocycles. The molecular weight excluding hydrogens is 256 g/mol. The van der Waals surface area contributed by atoms with Gasteiger partial charge < -0.3 is 10.6 Å². The van der Waals surface area contributed by atoms with E-state index in [-0.39, 0.29) is 5.91 Å². The molecule has 0 spiro atoms. The lowest BCUT2D eigenvalue weighted by Crippen LogP contribution is -2.44. The van der Waals surface area contributed by atoms with Crippen molar-refractivity contribution in [3.8, 4) is 11.8 Å². The van der Waals surface area contributed by atoms with E-state index < -0.39 is 0 Å². The fourth-order valence-electron chi connectivity index (χ4n) is 2.56. The maximum absolute atomic E-state index is 12.6. The van der Waals surface area contributed by atoms with Gasteiger partial charge in [0, 0.05) is 18.2 Å². The Kier molecular flexibility index (Phi) is 4.62. The highest BCUT2D eigenvalue weighted by atomic mass is 32.1. The number of nitrogens with two attached hydrogens (primary N) is 1. The molecule has 1 aliphatic rings. The van der Waals surface area contributed by atoms with Gasteiger partial charge in [0.25, 0.3) is 5.91 Å². The van der Waals surface area contributed by atoms with Gasteiger partial charge in [0.1, 0.15) is 4.88 Å². The predicted octanol–water partition coefficient (Wildman–Crippen LogP) is 2.32. The van der Waals surface area contributed by atoms with Gasteiger partial charge in [0.05, 0.1) is 6.54 Å². The van der Waals surface area contributed by atoms with Gasteiger partial charge in [0.2, 0.25) is 0 Å². The number of hydrogen-bond donors (Lipinski definition) is 1. The molecule has 2 unspecified atom stereocenters. The smallest absolute Gasteiger partial charge is 0.265 e. The van der Waals surface area contributed by atoms with Gasteiger partial charge in [0.15, 0.2) is 0 Å². The van der Waals surface area contributed by atoms with Crippen LogP contribution in [0, 0.1) is 17.8 Å². The number of hydrogen-bond acceptors (Lipinski definition) is 3. The Hall–Kier alpha value is -1.31. The summed E-state index contributed by atoms with van der Waals surface area (Å²) in [5.41, 5.74) is 6.20. The third-order valence-electron chi connectivity index (χ3n) is 3.58. The number of nitrogens with zero attached hydrogens (tertiary/aromatic N) is 1. The third kappa shape index (κ3) is 3.17. The Morgan fingerprint density at radius 3 is 3.05 bits per heavy atom. The van der Waals surface area contributed by atoms with Crippen LogP contribution in [0.2, 0.25) is 0 Å². The topological polar surface area (TPSA) is 46.3 Å². The number of carbonyl (C=O) groups is 1. The minimum absolute atomic E-state index is 0.121. The maximum Gasteiger partial charge on any atom is 0.265 e. The number of thiophene rings is 1. The molecule has 0 radical (unpaired) electrons. The van der Waals surface area contributed by atoms with E-state index in [4.69, 9.17) is 5.73 Å². The number of likely N-dealkylation sites (tertiary alicyclic amines) is 1. The fourth-order valence-corrected chi connectivity index (χ4v) is 3.36. The van der Waals surface area contributed by atoms with Crippen molar-refractivity contribution in [3.63, 3.8) is 0 Å². The average Bonchev–Trinajstić information content (AvgIpc) is 2.83. The molecule has 1 aliphatic heterocycles. The van der Waals surface area contributed by atoms with E-state index in [1.807, 2.05) is 16.3 Å². The van der Waals surface area contributed by atoms with Crippen molar-refractivity contribution in [2.75, 3.05) is 13.1 Å². The van der Waals surface area contributed by atoms with Crippen molar-refractivity contribution in [2.24, 2.45) is 11.7 Å². The first kappa shape index (κ1) is 14.1. The number of piperidine rings is 1. The van der Waals surface area contributed by atoms with E-state index in [1.165, 1.54) is 11.3 Å². The summed E-state index contributed by atoms with van der Waals surface area (Å²) >= 11 is 1.47. The highest BCUT2D eigenvalue weighted by molar-refractivity contribution is 7.12. The van der Waals surface area contributed by atoms with E-state index in [2.05, 4.69) is 25.7 Å². The monoisotopic (exact) mass is 276 g/mol. The Labute approximate surface area is 118 Å². The molecule has 1 saturated heterocycles. The highest BCUT2D eigenvalue weighted by Gasteiger charge is 2.28. The summed E-state index contributed by atoms with van der Waals surface area (Å²) in [6, 6.07) is 2.21. The van der Waals surface area contributed by atoms with Crippen LogP contribution in [0.15, 0.2) is 11.4 Å². The van der Waals surface area contributed by atoms with Gasteiger partial charge in [-0.15, -0.1) is 11.3 Å².